The third kappa shape index (κ3) is 5.75. The van der Waals surface area contributed by atoms with Crippen LogP contribution in [0.15, 0.2) is 103 Å². The van der Waals surface area contributed by atoms with Crippen molar-refractivity contribution in [1.82, 2.24) is 14.9 Å². The van der Waals surface area contributed by atoms with Crippen molar-refractivity contribution >= 4 is 28.5 Å². The number of para-hydroxylation sites is 2. The third-order valence-corrected chi connectivity index (χ3v) is 6.25. The summed E-state index contributed by atoms with van der Waals surface area (Å²) in [4.78, 5) is 17.5. The number of ether oxygens (including phenoxy) is 1. The summed E-state index contributed by atoms with van der Waals surface area (Å²) in [6.45, 7) is 1.42. The van der Waals surface area contributed by atoms with Gasteiger partial charge in [-0.2, -0.15) is 0 Å². The first-order valence-electron chi connectivity index (χ1n) is 11.9. The molecule has 0 aliphatic rings. The van der Waals surface area contributed by atoms with Gasteiger partial charge in [-0.15, -0.1) is 0 Å². The Morgan fingerprint density at radius 1 is 0.833 bits per heavy atom. The predicted octanol–water partition coefficient (Wildman–Crippen LogP) is 6.29. The van der Waals surface area contributed by atoms with Crippen LogP contribution in [0.25, 0.3) is 22.2 Å². The van der Waals surface area contributed by atoms with Gasteiger partial charge in [0.05, 0.1) is 30.5 Å². The molecular weight excluding hydrogens is 470 g/mol. The van der Waals surface area contributed by atoms with Crippen LogP contribution >= 0.6 is 11.6 Å². The van der Waals surface area contributed by atoms with Gasteiger partial charge in [-0.1, -0.05) is 78.3 Å². The Balaban J connectivity index is 1.21. The second-order valence-corrected chi connectivity index (χ2v) is 8.92. The minimum atomic E-state index is -0.0431. The molecule has 0 aliphatic heterocycles. The Kier molecular flexibility index (Phi) is 7.29. The minimum Gasteiger partial charge on any atom is -0.492 e. The fourth-order valence-electron chi connectivity index (χ4n) is 4.17. The summed E-state index contributed by atoms with van der Waals surface area (Å²) in [5, 5.41) is 3.71. The number of nitrogens with one attached hydrogen (secondary N) is 1. The molecule has 1 amide bonds. The van der Waals surface area contributed by atoms with Gasteiger partial charge in [0.2, 0.25) is 5.91 Å². The molecule has 1 heterocycles. The molecule has 0 saturated carbocycles. The Labute approximate surface area is 215 Å². The summed E-state index contributed by atoms with van der Waals surface area (Å²) in [7, 11) is 0. The first-order valence-corrected chi connectivity index (χ1v) is 12.3. The van der Waals surface area contributed by atoms with E-state index in [1.54, 1.807) is 12.1 Å². The van der Waals surface area contributed by atoms with E-state index in [2.05, 4.69) is 34.1 Å². The number of aromatic nitrogens is 2. The monoisotopic (exact) mass is 495 g/mol. The molecule has 0 spiro atoms. The number of rotatable bonds is 9. The van der Waals surface area contributed by atoms with Crippen molar-refractivity contribution in [1.29, 1.82) is 0 Å². The molecular formula is C30H26ClN3O2. The lowest BCUT2D eigenvalue weighted by atomic mass is 10.0. The van der Waals surface area contributed by atoms with E-state index in [1.807, 2.05) is 66.7 Å². The smallest absolute Gasteiger partial charge is 0.224 e. The molecule has 0 atom stereocenters. The molecule has 5 rings (SSSR count). The van der Waals surface area contributed by atoms with Crippen molar-refractivity contribution in [2.45, 2.75) is 19.5 Å². The maximum Gasteiger partial charge on any atom is 0.224 e. The van der Waals surface area contributed by atoms with Gasteiger partial charge in [0.25, 0.3) is 0 Å². The topological polar surface area (TPSA) is 56.2 Å². The summed E-state index contributed by atoms with van der Waals surface area (Å²) in [6.07, 6.45) is 0.314. The fourth-order valence-corrected chi connectivity index (χ4v) is 4.29. The molecule has 0 fully saturated rings. The van der Waals surface area contributed by atoms with E-state index in [0.717, 1.165) is 39.3 Å². The number of nitrogens with zero attached hydrogens (tertiary/aromatic N) is 2. The zero-order chi connectivity index (χ0) is 24.7. The fraction of sp³-hybridized carbons (Fsp3) is 0.133. The number of hydrogen-bond acceptors (Lipinski definition) is 3. The highest BCUT2D eigenvalue weighted by Gasteiger charge is 2.12. The average Bonchev–Trinajstić information content (AvgIpc) is 3.27. The van der Waals surface area contributed by atoms with Gasteiger partial charge in [0.1, 0.15) is 18.2 Å². The van der Waals surface area contributed by atoms with E-state index >= 15 is 0 Å². The summed E-state index contributed by atoms with van der Waals surface area (Å²) in [6, 6.07) is 33.6. The highest BCUT2D eigenvalue weighted by atomic mass is 35.5. The second-order valence-electron chi connectivity index (χ2n) is 8.49. The van der Waals surface area contributed by atoms with Gasteiger partial charge < -0.3 is 14.6 Å². The molecule has 180 valence electrons. The molecule has 36 heavy (non-hydrogen) atoms. The molecule has 5 aromatic rings. The summed E-state index contributed by atoms with van der Waals surface area (Å²) < 4.78 is 7.99. The Bertz CT molecular complexity index is 1450. The van der Waals surface area contributed by atoms with Gasteiger partial charge in [-0.3, -0.25) is 4.79 Å². The van der Waals surface area contributed by atoms with E-state index in [4.69, 9.17) is 21.3 Å². The molecule has 0 radical (unpaired) electrons. The predicted molar refractivity (Wildman–Crippen MR) is 144 cm³/mol. The number of carbonyl (C=O) groups excluding carboxylic acids is 1. The number of amides is 1. The van der Waals surface area contributed by atoms with Crippen LogP contribution in [-0.2, 0) is 24.3 Å². The summed E-state index contributed by atoms with van der Waals surface area (Å²) in [5.74, 6) is 1.51. The first kappa shape index (κ1) is 23.6. The molecule has 0 aliphatic carbocycles. The van der Waals surface area contributed by atoms with Crippen molar-refractivity contribution in [2.24, 2.45) is 0 Å². The maximum absolute atomic E-state index is 12.7. The number of benzene rings is 4. The molecule has 6 heteroatoms. The van der Waals surface area contributed by atoms with Gasteiger partial charge in [0.15, 0.2) is 0 Å². The van der Waals surface area contributed by atoms with Crippen LogP contribution in [0.2, 0.25) is 5.02 Å². The zero-order valence-corrected chi connectivity index (χ0v) is 20.5. The molecule has 1 N–H and O–H groups in total. The highest BCUT2D eigenvalue weighted by molar-refractivity contribution is 6.30. The Morgan fingerprint density at radius 3 is 2.31 bits per heavy atom. The summed E-state index contributed by atoms with van der Waals surface area (Å²) >= 11 is 5.95. The lowest BCUT2D eigenvalue weighted by Crippen LogP contribution is -2.26. The van der Waals surface area contributed by atoms with Crippen molar-refractivity contribution < 1.29 is 9.53 Å². The van der Waals surface area contributed by atoms with Gasteiger partial charge in [-0.25, -0.2) is 4.98 Å². The number of halogens is 1. The Hall–Kier alpha value is -4.09. The summed E-state index contributed by atoms with van der Waals surface area (Å²) in [5.41, 5.74) is 5.17. The van der Waals surface area contributed by atoms with Crippen LogP contribution in [-0.4, -0.2) is 22.1 Å². The van der Waals surface area contributed by atoms with Crippen LogP contribution < -0.4 is 10.1 Å². The minimum absolute atomic E-state index is 0.0431. The molecule has 4 aromatic carbocycles. The van der Waals surface area contributed by atoms with Crippen LogP contribution in [0.5, 0.6) is 5.75 Å². The lowest BCUT2D eigenvalue weighted by molar-refractivity contribution is -0.120. The van der Waals surface area contributed by atoms with Crippen molar-refractivity contribution in [3.8, 4) is 16.9 Å². The van der Waals surface area contributed by atoms with Gasteiger partial charge in [-0.05, 0) is 53.1 Å². The van der Waals surface area contributed by atoms with Crippen LogP contribution in [0.1, 0.15) is 11.4 Å². The van der Waals surface area contributed by atoms with Crippen molar-refractivity contribution in [3.05, 3.63) is 120 Å². The number of imidazole rings is 1. The zero-order valence-electron chi connectivity index (χ0n) is 19.7. The molecule has 1 aromatic heterocycles. The van der Waals surface area contributed by atoms with E-state index < -0.39 is 0 Å². The highest BCUT2D eigenvalue weighted by Crippen LogP contribution is 2.20. The number of hydrogen-bond donors (Lipinski definition) is 1. The van der Waals surface area contributed by atoms with E-state index in [9.17, 15) is 4.79 Å². The molecule has 0 bridgehead atoms. The number of carbonyl (C=O) groups is 1. The largest absolute Gasteiger partial charge is 0.492 e. The maximum atomic E-state index is 12.7. The average molecular weight is 496 g/mol. The van der Waals surface area contributed by atoms with E-state index in [1.165, 1.54) is 0 Å². The second kappa shape index (κ2) is 11.1. The SMILES string of the molecule is O=C(Cc1ccc(-c2ccccc2)cc1)NCc1nc2ccccc2n1CCOc1ccc(Cl)cc1. The third-order valence-electron chi connectivity index (χ3n) is 6.00. The lowest BCUT2D eigenvalue weighted by Gasteiger charge is -2.12. The molecule has 0 unspecified atom stereocenters. The Morgan fingerprint density at radius 2 is 1.53 bits per heavy atom. The van der Waals surface area contributed by atoms with Crippen LogP contribution in [0.4, 0.5) is 0 Å². The number of fused-ring (bicyclic) bond motifs is 1. The van der Waals surface area contributed by atoms with Gasteiger partial charge >= 0.3 is 0 Å². The molecule has 0 saturated heterocycles. The molecule has 5 nitrogen and oxygen atoms in total. The first-order chi connectivity index (χ1) is 17.7. The van der Waals surface area contributed by atoms with E-state index in [-0.39, 0.29) is 5.91 Å². The van der Waals surface area contributed by atoms with Crippen LogP contribution in [0.3, 0.4) is 0 Å². The van der Waals surface area contributed by atoms with Crippen LogP contribution in [0, 0.1) is 0 Å². The van der Waals surface area contributed by atoms with Crippen molar-refractivity contribution in [2.75, 3.05) is 6.61 Å². The van der Waals surface area contributed by atoms with Crippen molar-refractivity contribution in [3.63, 3.8) is 0 Å². The van der Waals surface area contributed by atoms with Gasteiger partial charge in [0, 0.05) is 5.02 Å². The normalized spacial score (nSPS) is 10.9. The quantitative estimate of drug-likeness (QED) is 0.261. The standard InChI is InChI=1S/C30H26ClN3O2/c31-25-14-16-26(17-15-25)36-19-18-34-28-9-5-4-8-27(28)33-29(34)21-32-30(35)20-22-10-12-24(13-11-22)23-6-2-1-3-7-23/h1-17H,18-21H2,(H,32,35). The van der Waals surface area contributed by atoms with E-state index in [0.29, 0.717) is 31.1 Å².